The summed E-state index contributed by atoms with van der Waals surface area (Å²) in [5.74, 6) is -0.426. The van der Waals surface area contributed by atoms with Crippen molar-refractivity contribution in [2.24, 2.45) is 0 Å². The Morgan fingerprint density at radius 2 is 2.22 bits per heavy atom. The zero-order valence-electron chi connectivity index (χ0n) is 10.6. The molecule has 0 amide bonds. The number of ether oxygens (including phenoxy) is 1. The van der Waals surface area contributed by atoms with Crippen molar-refractivity contribution in [1.29, 1.82) is 0 Å². The van der Waals surface area contributed by atoms with Crippen LogP contribution in [0, 0.1) is 0 Å². The van der Waals surface area contributed by atoms with Crippen LogP contribution in [0.5, 0.6) is 0 Å². The highest BCUT2D eigenvalue weighted by Gasteiger charge is 2.30. The van der Waals surface area contributed by atoms with Crippen LogP contribution in [0.1, 0.15) is 26.2 Å². The first-order chi connectivity index (χ1) is 8.38. The average molecular weight is 390 g/mol. The smallest absolute Gasteiger partial charge is 0.319 e. The molecule has 106 valence electrons. The Kier molecular flexibility index (Phi) is 6.28. The van der Waals surface area contributed by atoms with E-state index in [1.54, 1.807) is 0 Å². The fraction of sp³-hybridized carbons (Fsp3) is 0.900. The van der Waals surface area contributed by atoms with Gasteiger partial charge in [-0.15, -0.1) is 0 Å². The summed E-state index contributed by atoms with van der Waals surface area (Å²) in [6, 6.07) is 0.0158. The van der Waals surface area contributed by atoms with Gasteiger partial charge in [-0.1, -0.05) is 29.0 Å². The van der Waals surface area contributed by atoms with Gasteiger partial charge in [-0.3, -0.25) is 4.79 Å². The van der Waals surface area contributed by atoms with E-state index in [9.17, 15) is 13.2 Å². The van der Waals surface area contributed by atoms with Crippen molar-refractivity contribution in [3.05, 3.63) is 0 Å². The number of carbonyl (C=O) groups excluding carboxylic acids is 1. The highest BCUT2D eigenvalue weighted by atomic mass is 127. The summed E-state index contributed by atoms with van der Waals surface area (Å²) in [6.07, 6.45) is 2.83. The Bertz CT molecular complexity index is 387. The third-order valence-electron chi connectivity index (χ3n) is 2.95. The van der Waals surface area contributed by atoms with Gasteiger partial charge in [0.05, 0.1) is 7.11 Å². The number of nitrogens with one attached hydrogen (secondary N) is 1. The van der Waals surface area contributed by atoms with Gasteiger partial charge in [0.15, 0.2) is 0 Å². The molecule has 0 saturated carbocycles. The van der Waals surface area contributed by atoms with Crippen molar-refractivity contribution in [3.8, 4) is 0 Å². The van der Waals surface area contributed by atoms with E-state index in [-0.39, 0.29) is 12.6 Å². The van der Waals surface area contributed by atoms with Gasteiger partial charge in [0.1, 0.15) is 3.92 Å². The molecule has 0 aromatic heterocycles. The predicted molar refractivity (Wildman–Crippen MR) is 76.8 cm³/mol. The van der Waals surface area contributed by atoms with Crippen molar-refractivity contribution in [3.63, 3.8) is 0 Å². The summed E-state index contributed by atoms with van der Waals surface area (Å²) < 4.78 is 32.1. The van der Waals surface area contributed by atoms with E-state index in [4.69, 9.17) is 0 Å². The summed E-state index contributed by atoms with van der Waals surface area (Å²) in [7, 11) is -2.21. The van der Waals surface area contributed by atoms with Crippen molar-refractivity contribution in [2.45, 2.75) is 36.2 Å². The predicted octanol–water partition coefficient (Wildman–Crippen LogP) is 0.672. The van der Waals surface area contributed by atoms with Crippen molar-refractivity contribution in [1.82, 2.24) is 9.03 Å². The van der Waals surface area contributed by atoms with Crippen LogP contribution in [0.2, 0.25) is 0 Å². The lowest BCUT2D eigenvalue weighted by Gasteiger charge is -2.32. The van der Waals surface area contributed by atoms with E-state index in [2.05, 4.69) is 9.46 Å². The fourth-order valence-corrected chi connectivity index (χ4v) is 4.17. The largest absolute Gasteiger partial charge is 0.468 e. The normalized spacial score (nSPS) is 23.6. The first kappa shape index (κ1) is 16.1. The van der Waals surface area contributed by atoms with Crippen LogP contribution >= 0.6 is 22.6 Å². The minimum Gasteiger partial charge on any atom is -0.468 e. The van der Waals surface area contributed by atoms with Gasteiger partial charge in [0.2, 0.25) is 0 Å². The lowest BCUT2D eigenvalue weighted by atomic mass is 10.1. The first-order valence-corrected chi connectivity index (χ1v) is 8.55. The lowest BCUT2D eigenvalue weighted by Crippen LogP contribution is -2.49. The van der Waals surface area contributed by atoms with Gasteiger partial charge in [-0.2, -0.15) is 12.7 Å². The minimum atomic E-state index is -3.50. The first-order valence-electron chi connectivity index (χ1n) is 5.87. The van der Waals surface area contributed by atoms with E-state index >= 15 is 0 Å². The van der Waals surface area contributed by atoms with Crippen molar-refractivity contribution < 1.29 is 17.9 Å². The second-order valence-electron chi connectivity index (χ2n) is 4.30. The van der Waals surface area contributed by atoms with E-state index in [0.29, 0.717) is 6.54 Å². The quantitative estimate of drug-likeness (QED) is 0.426. The molecule has 1 N–H and O–H groups in total. The van der Waals surface area contributed by atoms with Crippen LogP contribution in [0.25, 0.3) is 0 Å². The molecule has 18 heavy (non-hydrogen) atoms. The maximum Gasteiger partial charge on any atom is 0.319 e. The molecule has 0 aliphatic carbocycles. The van der Waals surface area contributed by atoms with Crippen molar-refractivity contribution >= 4 is 38.8 Å². The van der Waals surface area contributed by atoms with Gasteiger partial charge in [0.25, 0.3) is 10.2 Å². The molecule has 1 aliphatic rings. The van der Waals surface area contributed by atoms with Crippen LogP contribution < -0.4 is 4.72 Å². The highest BCUT2D eigenvalue weighted by molar-refractivity contribution is 14.1. The van der Waals surface area contributed by atoms with Gasteiger partial charge in [-0.05, 0) is 19.8 Å². The van der Waals surface area contributed by atoms with Gasteiger partial charge < -0.3 is 4.74 Å². The topological polar surface area (TPSA) is 75.7 Å². The van der Waals surface area contributed by atoms with Crippen LogP contribution in [0.4, 0.5) is 0 Å². The maximum atomic E-state index is 12.1. The number of nitrogens with zero attached hydrogens (tertiary/aromatic N) is 1. The highest BCUT2D eigenvalue weighted by Crippen LogP contribution is 2.19. The number of piperidine rings is 1. The van der Waals surface area contributed by atoms with Gasteiger partial charge in [0, 0.05) is 19.1 Å². The van der Waals surface area contributed by atoms with E-state index in [1.807, 2.05) is 29.5 Å². The van der Waals surface area contributed by atoms with Gasteiger partial charge in [-0.25, -0.2) is 4.72 Å². The summed E-state index contributed by atoms with van der Waals surface area (Å²) in [4.78, 5) is 11.2. The molecule has 1 heterocycles. The number of hydrogen-bond donors (Lipinski definition) is 1. The van der Waals surface area contributed by atoms with E-state index in [1.165, 1.54) is 11.4 Å². The molecule has 1 aliphatic heterocycles. The van der Waals surface area contributed by atoms with Crippen molar-refractivity contribution in [2.75, 3.05) is 20.2 Å². The molecule has 0 bridgehead atoms. The molecule has 6 nitrogen and oxygen atoms in total. The maximum absolute atomic E-state index is 12.1. The van der Waals surface area contributed by atoms with Gasteiger partial charge >= 0.3 is 5.97 Å². The zero-order chi connectivity index (χ0) is 13.8. The number of alkyl halides is 1. The Balaban J connectivity index is 2.56. The molecule has 2 atom stereocenters. The molecule has 0 aromatic rings. The molecule has 8 heteroatoms. The number of rotatable bonds is 5. The standard InChI is InChI=1S/C10H19IN2O4S/c1-8-5-3-4-6-13(8)18(15,16)12-7-9(11)10(14)17-2/h8-9,12H,3-7H2,1-2H3. The minimum absolute atomic E-state index is 0.0158. The second kappa shape index (κ2) is 7.01. The third-order valence-corrected chi connectivity index (χ3v) is 5.59. The molecule has 0 radical (unpaired) electrons. The Morgan fingerprint density at radius 3 is 2.78 bits per heavy atom. The second-order valence-corrected chi connectivity index (χ2v) is 7.51. The number of halogens is 1. The van der Waals surface area contributed by atoms with Crippen LogP contribution in [0.15, 0.2) is 0 Å². The molecule has 1 fully saturated rings. The van der Waals surface area contributed by atoms with Crippen LogP contribution in [0.3, 0.4) is 0 Å². The molecule has 0 aromatic carbocycles. The summed E-state index contributed by atoms with van der Waals surface area (Å²) >= 11 is 1.86. The summed E-state index contributed by atoms with van der Waals surface area (Å²) in [6.45, 7) is 2.50. The summed E-state index contributed by atoms with van der Waals surface area (Å²) in [5, 5.41) is 0. The molecular formula is C10H19IN2O4S. The Morgan fingerprint density at radius 1 is 1.56 bits per heavy atom. The molecule has 1 rings (SSSR count). The molecule has 2 unspecified atom stereocenters. The number of carbonyl (C=O) groups is 1. The molecule has 0 spiro atoms. The Hall–Kier alpha value is 0.0700. The number of hydrogen-bond acceptors (Lipinski definition) is 4. The lowest BCUT2D eigenvalue weighted by molar-refractivity contribution is -0.139. The fourth-order valence-electron chi connectivity index (χ4n) is 1.90. The molecule has 1 saturated heterocycles. The number of methoxy groups -OCH3 is 1. The SMILES string of the molecule is COC(=O)C(I)CNS(=O)(=O)N1CCCCC1C. The number of esters is 1. The molecular weight excluding hydrogens is 371 g/mol. The zero-order valence-corrected chi connectivity index (χ0v) is 13.5. The van der Waals surface area contributed by atoms with E-state index in [0.717, 1.165) is 19.3 Å². The Labute approximate surface area is 122 Å². The van der Waals surface area contributed by atoms with Crippen LogP contribution in [-0.4, -0.2) is 48.9 Å². The third kappa shape index (κ3) is 4.32. The summed E-state index contributed by atoms with van der Waals surface area (Å²) in [5.41, 5.74) is 0. The van der Waals surface area contributed by atoms with E-state index < -0.39 is 20.1 Å². The average Bonchev–Trinajstić information content (AvgIpc) is 2.35. The van der Waals surface area contributed by atoms with Crippen LogP contribution in [-0.2, 0) is 19.7 Å². The monoisotopic (exact) mass is 390 g/mol.